The maximum Gasteiger partial charge on any atom is 0.341 e. The van der Waals surface area contributed by atoms with Crippen LogP contribution in [0.4, 0.5) is 5.00 Å². The minimum Gasteiger partial charge on any atom is -0.465 e. The average molecular weight is 490 g/mol. The van der Waals surface area contributed by atoms with E-state index in [0.717, 1.165) is 69.0 Å². The molecule has 1 fully saturated rings. The Labute approximate surface area is 204 Å². The second kappa shape index (κ2) is 11.5. The zero-order valence-corrected chi connectivity index (χ0v) is 20.8. The van der Waals surface area contributed by atoms with Crippen LogP contribution in [0.15, 0.2) is 24.3 Å². The highest BCUT2D eigenvalue weighted by molar-refractivity contribution is 7.17. The summed E-state index contributed by atoms with van der Waals surface area (Å²) in [6.07, 6.45) is 6.44. The van der Waals surface area contributed by atoms with Gasteiger partial charge in [0.2, 0.25) is 5.91 Å². The number of piperazine rings is 1. The van der Waals surface area contributed by atoms with Crippen LogP contribution in [0.1, 0.15) is 52.0 Å². The fraction of sp³-hybridized carbons (Fsp3) is 0.520. The number of thiophene rings is 1. The lowest BCUT2D eigenvalue weighted by Crippen LogP contribution is -2.48. The van der Waals surface area contributed by atoms with Gasteiger partial charge in [0.05, 0.1) is 19.2 Å². The van der Waals surface area contributed by atoms with Gasteiger partial charge in [-0.3, -0.25) is 14.6 Å². The largest absolute Gasteiger partial charge is 0.465 e. The van der Waals surface area contributed by atoms with Crippen molar-refractivity contribution < 1.29 is 14.3 Å². The van der Waals surface area contributed by atoms with Crippen molar-refractivity contribution in [3.8, 4) is 0 Å². The van der Waals surface area contributed by atoms with E-state index in [1.165, 1.54) is 30.4 Å². The molecule has 1 saturated heterocycles. The zero-order valence-electron chi connectivity index (χ0n) is 19.2. The number of anilines is 1. The first-order valence-electron chi connectivity index (χ1n) is 11.8. The van der Waals surface area contributed by atoms with Gasteiger partial charge in [0.15, 0.2) is 0 Å². The van der Waals surface area contributed by atoms with Gasteiger partial charge in [-0.05, 0) is 48.9 Å². The summed E-state index contributed by atoms with van der Waals surface area (Å²) in [5, 5.41) is 4.44. The van der Waals surface area contributed by atoms with Crippen LogP contribution >= 0.6 is 22.9 Å². The molecule has 2 heterocycles. The highest BCUT2D eigenvalue weighted by Crippen LogP contribution is 2.37. The van der Waals surface area contributed by atoms with Gasteiger partial charge in [0.25, 0.3) is 0 Å². The summed E-state index contributed by atoms with van der Waals surface area (Å²) in [5.41, 5.74) is 2.90. The summed E-state index contributed by atoms with van der Waals surface area (Å²) in [4.78, 5) is 31.2. The van der Waals surface area contributed by atoms with Gasteiger partial charge in [0.1, 0.15) is 5.00 Å². The SMILES string of the molecule is COC(=O)c1c(NC(=O)CN2CCN(Cc3ccc(Cl)cc3)CC2)sc2c1CCCCCC2. The Balaban J connectivity index is 1.34. The molecule has 6 nitrogen and oxygen atoms in total. The first-order chi connectivity index (χ1) is 16.0. The highest BCUT2D eigenvalue weighted by Gasteiger charge is 2.27. The minimum absolute atomic E-state index is 0.0690. The van der Waals surface area contributed by atoms with Crippen molar-refractivity contribution >= 4 is 39.8 Å². The molecule has 1 aliphatic heterocycles. The van der Waals surface area contributed by atoms with Crippen molar-refractivity contribution in [2.75, 3.05) is 45.2 Å². The van der Waals surface area contributed by atoms with Crippen molar-refractivity contribution in [2.45, 2.75) is 45.1 Å². The molecule has 1 aromatic heterocycles. The fourth-order valence-electron chi connectivity index (χ4n) is 4.65. The van der Waals surface area contributed by atoms with Crippen LogP contribution in [0, 0.1) is 0 Å². The second-order valence-corrected chi connectivity index (χ2v) is 10.4. The average Bonchev–Trinajstić information content (AvgIpc) is 3.11. The van der Waals surface area contributed by atoms with E-state index in [4.69, 9.17) is 16.3 Å². The maximum absolute atomic E-state index is 12.9. The lowest BCUT2D eigenvalue weighted by molar-refractivity contribution is -0.117. The van der Waals surface area contributed by atoms with Crippen LogP contribution in [0.3, 0.4) is 0 Å². The Morgan fingerprint density at radius 3 is 2.36 bits per heavy atom. The second-order valence-electron chi connectivity index (χ2n) is 8.84. The normalized spacial score (nSPS) is 17.6. The molecule has 0 bridgehead atoms. The predicted octanol–water partition coefficient (Wildman–Crippen LogP) is 4.60. The first kappa shape index (κ1) is 24.2. The Hall–Kier alpha value is -1.93. The van der Waals surface area contributed by atoms with Crippen molar-refractivity contribution in [3.05, 3.63) is 50.9 Å². The van der Waals surface area contributed by atoms with E-state index in [0.29, 0.717) is 17.1 Å². The van der Waals surface area contributed by atoms with Crippen LogP contribution in [-0.2, 0) is 28.9 Å². The van der Waals surface area contributed by atoms with Crippen molar-refractivity contribution in [2.24, 2.45) is 0 Å². The lowest BCUT2D eigenvalue weighted by atomic mass is 9.96. The molecular weight excluding hydrogens is 458 g/mol. The smallest absolute Gasteiger partial charge is 0.341 e. The molecule has 0 saturated carbocycles. The number of rotatable bonds is 6. The van der Waals surface area contributed by atoms with Crippen LogP contribution in [0.2, 0.25) is 5.02 Å². The first-order valence-corrected chi connectivity index (χ1v) is 12.9. The summed E-state index contributed by atoms with van der Waals surface area (Å²) < 4.78 is 5.07. The Kier molecular flexibility index (Phi) is 8.41. The molecule has 33 heavy (non-hydrogen) atoms. The predicted molar refractivity (Wildman–Crippen MR) is 133 cm³/mol. The molecule has 0 atom stereocenters. The molecule has 178 valence electrons. The number of carbonyl (C=O) groups excluding carboxylic acids is 2. The Morgan fingerprint density at radius 2 is 1.67 bits per heavy atom. The van der Waals surface area contributed by atoms with E-state index < -0.39 is 0 Å². The number of methoxy groups -OCH3 is 1. The van der Waals surface area contributed by atoms with Crippen molar-refractivity contribution in [1.29, 1.82) is 0 Å². The number of esters is 1. The molecule has 1 N–H and O–H groups in total. The number of hydrogen-bond donors (Lipinski definition) is 1. The standard InChI is InChI=1S/C25H32ClN3O3S/c1-32-25(31)23-20-6-4-2-3-5-7-21(20)33-24(23)27-22(30)17-29-14-12-28(13-15-29)16-18-8-10-19(26)11-9-18/h8-11H,2-7,12-17H2,1H3,(H,27,30). The zero-order chi connectivity index (χ0) is 23.2. The Bertz CT molecular complexity index is 968. The number of fused-ring (bicyclic) bond motifs is 1. The van der Waals surface area contributed by atoms with Crippen LogP contribution in [-0.4, -0.2) is 61.5 Å². The van der Waals surface area contributed by atoms with Gasteiger partial charge in [-0.1, -0.05) is 36.6 Å². The topological polar surface area (TPSA) is 61.9 Å². The number of nitrogens with one attached hydrogen (secondary N) is 1. The van der Waals surface area contributed by atoms with E-state index in [1.54, 1.807) is 11.3 Å². The van der Waals surface area contributed by atoms with E-state index in [-0.39, 0.29) is 11.9 Å². The van der Waals surface area contributed by atoms with Crippen molar-refractivity contribution in [1.82, 2.24) is 9.80 Å². The monoisotopic (exact) mass is 489 g/mol. The quantitative estimate of drug-likeness (QED) is 0.601. The summed E-state index contributed by atoms with van der Waals surface area (Å²) in [6, 6.07) is 7.97. The third-order valence-electron chi connectivity index (χ3n) is 6.47. The van der Waals surface area contributed by atoms with Crippen LogP contribution in [0.5, 0.6) is 0 Å². The molecule has 2 aromatic rings. The molecule has 2 aliphatic rings. The third kappa shape index (κ3) is 6.35. The molecular formula is C25H32ClN3O3S. The van der Waals surface area contributed by atoms with Gasteiger partial charge in [0, 0.05) is 42.6 Å². The summed E-state index contributed by atoms with van der Waals surface area (Å²) in [7, 11) is 1.41. The number of aryl methyl sites for hydroxylation is 1. The van der Waals surface area contributed by atoms with Gasteiger partial charge in [-0.25, -0.2) is 4.79 Å². The highest BCUT2D eigenvalue weighted by atomic mass is 35.5. The van der Waals surface area contributed by atoms with Gasteiger partial charge < -0.3 is 10.1 Å². The molecule has 1 aliphatic carbocycles. The number of nitrogens with zero attached hydrogens (tertiary/aromatic N) is 2. The molecule has 0 radical (unpaired) electrons. The number of ether oxygens (including phenoxy) is 1. The Morgan fingerprint density at radius 1 is 1.00 bits per heavy atom. The number of carbonyl (C=O) groups is 2. The molecule has 0 unspecified atom stereocenters. The van der Waals surface area contributed by atoms with Gasteiger partial charge in [-0.15, -0.1) is 11.3 Å². The van der Waals surface area contributed by atoms with Gasteiger partial charge in [-0.2, -0.15) is 0 Å². The fourth-order valence-corrected chi connectivity index (χ4v) is 6.07. The number of hydrogen-bond acceptors (Lipinski definition) is 6. The number of amides is 1. The van der Waals surface area contributed by atoms with E-state index in [9.17, 15) is 9.59 Å². The van der Waals surface area contributed by atoms with Gasteiger partial charge >= 0.3 is 5.97 Å². The van der Waals surface area contributed by atoms with E-state index in [2.05, 4.69) is 27.2 Å². The molecule has 8 heteroatoms. The molecule has 1 amide bonds. The lowest BCUT2D eigenvalue weighted by Gasteiger charge is -2.34. The number of halogens is 1. The van der Waals surface area contributed by atoms with Crippen LogP contribution in [0.25, 0.3) is 0 Å². The summed E-state index contributed by atoms with van der Waals surface area (Å²) >= 11 is 7.53. The molecule has 1 aromatic carbocycles. The maximum atomic E-state index is 12.9. The van der Waals surface area contributed by atoms with Crippen LogP contribution < -0.4 is 5.32 Å². The molecule has 4 rings (SSSR count). The minimum atomic E-state index is -0.348. The summed E-state index contributed by atoms with van der Waals surface area (Å²) in [6.45, 7) is 4.73. The number of benzene rings is 1. The van der Waals surface area contributed by atoms with E-state index >= 15 is 0 Å². The third-order valence-corrected chi connectivity index (χ3v) is 7.92. The van der Waals surface area contributed by atoms with E-state index in [1.807, 2.05) is 12.1 Å². The summed E-state index contributed by atoms with van der Waals surface area (Å²) in [5.74, 6) is -0.417. The molecule has 0 spiro atoms. The van der Waals surface area contributed by atoms with Crippen molar-refractivity contribution in [3.63, 3.8) is 0 Å².